The first-order valence-corrected chi connectivity index (χ1v) is 7.26. The monoisotopic (exact) mass is 301 g/mol. The van der Waals surface area contributed by atoms with Gasteiger partial charge in [0, 0.05) is 12.4 Å². The number of hydrogen-bond donors (Lipinski definition) is 0. The fourth-order valence-corrected chi connectivity index (χ4v) is 2.58. The SMILES string of the molecule is Cc1cc2c(cc1C=C(C#N)C#N)OCC(C)N2CCCl. The van der Waals surface area contributed by atoms with Gasteiger partial charge in [-0.05, 0) is 43.2 Å². The van der Waals surface area contributed by atoms with E-state index in [1.54, 1.807) is 6.08 Å². The lowest BCUT2D eigenvalue weighted by Gasteiger charge is -2.37. The molecule has 108 valence electrons. The second kappa shape index (κ2) is 6.52. The van der Waals surface area contributed by atoms with Crippen LogP contribution in [0.25, 0.3) is 6.08 Å². The minimum Gasteiger partial charge on any atom is -0.489 e. The van der Waals surface area contributed by atoms with E-state index in [9.17, 15) is 0 Å². The molecular weight excluding hydrogens is 286 g/mol. The van der Waals surface area contributed by atoms with Gasteiger partial charge in [-0.2, -0.15) is 10.5 Å². The summed E-state index contributed by atoms with van der Waals surface area (Å²) in [7, 11) is 0. The molecule has 0 bridgehead atoms. The molecule has 1 aromatic carbocycles. The molecule has 0 spiro atoms. The zero-order valence-corrected chi connectivity index (χ0v) is 12.8. The quantitative estimate of drug-likeness (QED) is 0.635. The van der Waals surface area contributed by atoms with Crippen LogP contribution in [0.4, 0.5) is 5.69 Å². The number of benzene rings is 1. The maximum absolute atomic E-state index is 8.87. The van der Waals surface area contributed by atoms with Gasteiger partial charge in [0.1, 0.15) is 30.1 Å². The molecule has 0 saturated heterocycles. The lowest BCUT2D eigenvalue weighted by Crippen LogP contribution is -2.42. The largest absolute Gasteiger partial charge is 0.489 e. The van der Waals surface area contributed by atoms with Crippen molar-refractivity contribution in [2.24, 2.45) is 0 Å². The number of ether oxygens (including phenoxy) is 1. The number of aryl methyl sites for hydroxylation is 1. The summed E-state index contributed by atoms with van der Waals surface area (Å²) < 4.78 is 5.78. The van der Waals surface area contributed by atoms with E-state index in [4.69, 9.17) is 26.9 Å². The number of allylic oxidation sites excluding steroid dienone is 1. The summed E-state index contributed by atoms with van der Waals surface area (Å²) in [4.78, 5) is 2.22. The van der Waals surface area contributed by atoms with Crippen molar-refractivity contribution in [1.82, 2.24) is 0 Å². The molecule has 0 radical (unpaired) electrons. The fourth-order valence-electron chi connectivity index (χ4n) is 2.40. The first kappa shape index (κ1) is 15.2. The highest BCUT2D eigenvalue weighted by atomic mass is 35.5. The van der Waals surface area contributed by atoms with Gasteiger partial charge in [0.15, 0.2) is 0 Å². The van der Waals surface area contributed by atoms with Gasteiger partial charge in [-0.25, -0.2) is 0 Å². The van der Waals surface area contributed by atoms with Gasteiger partial charge in [0.25, 0.3) is 0 Å². The van der Waals surface area contributed by atoms with E-state index in [1.807, 2.05) is 31.2 Å². The second-order valence-corrected chi connectivity index (χ2v) is 5.38. The summed E-state index contributed by atoms with van der Waals surface area (Å²) >= 11 is 5.88. The highest BCUT2D eigenvalue weighted by molar-refractivity contribution is 6.18. The van der Waals surface area contributed by atoms with Gasteiger partial charge in [0.05, 0.1) is 11.7 Å². The Morgan fingerprint density at radius 2 is 2.19 bits per heavy atom. The van der Waals surface area contributed by atoms with E-state index in [-0.39, 0.29) is 11.6 Å². The molecule has 2 rings (SSSR count). The van der Waals surface area contributed by atoms with Crippen LogP contribution in [-0.2, 0) is 0 Å². The van der Waals surface area contributed by atoms with Crippen molar-refractivity contribution in [3.63, 3.8) is 0 Å². The molecule has 0 aliphatic carbocycles. The van der Waals surface area contributed by atoms with Crippen LogP contribution in [0.15, 0.2) is 17.7 Å². The first-order valence-electron chi connectivity index (χ1n) is 6.72. The maximum Gasteiger partial charge on any atom is 0.143 e. The van der Waals surface area contributed by atoms with Crippen molar-refractivity contribution >= 4 is 23.4 Å². The van der Waals surface area contributed by atoms with Crippen molar-refractivity contribution < 1.29 is 4.74 Å². The van der Waals surface area contributed by atoms with Crippen LogP contribution < -0.4 is 9.64 Å². The summed E-state index contributed by atoms with van der Waals surface area (Å²) in [5.41, 5.74) is 2.92. The van der Waals surface area contributed by atoms with E-state index < -0.39 is 0 Å². The molecular formula is C16H16ClN3O. The van der Waals surface area contributed by atoms with E-state index in [0.29, 0.717) is 12.5 Å². The van der Waals surface area contributed by atoms with E-state index in [1.165, 1.54) is 0 Å². The van der Waals surface area contributed by atoms with Crippen LogP contribution in [0.2, 0.25) is 0 Å². The summed E-state index contributed by atoms with van der Waals surface area (Å²) in [5, 5.41) is 17.7. The van der Waals surface area contributed by atoms with Crippen molar-refractivity contribution in [2.45, 2.75) is 19.9 Å². The Balaban J connectivity index is 2.47. The van der Waals surface area contributed by atoms with Crippen molar-refractivity contribution in [3.8, 4) is 17.9 Å². The number of rotatable bonds is 3. The lowest BCUT2D eigenvalue weighted by molar-refractivity contribution is 0.271. The average molecular weight is 302 g/mol. The van der Waals surface area contributed by atoms with Crippen molar-refractivity contribution in [3.05, 3.63) is 28.8 Å². The molecule has 0 amide bonds. The van der Waals surface area contributed by atoms with E-state index in [0.717, 1.165) is 29.1 Å². The molecule has 0 fully saturated rings. The normalized spacial score (nSPS) is 16.2. The third-order valence-corrected chi connectivity index (χ3v) is 3.70. The molecule has 21 heavy (non-hydrogen) atoms. The molecule has 1 heterocycles. The summed E-state index contributed by atoms with van der Waals surface area (Å²) in [6.45, 7) is 5.41. The number of anilines is 1. The first-order chi connectivity index (χ1) is 10.1. The second-order valence-electron chi connectivity index (χ2n) is 5.00. The Labute approximate surface area is 129 Å². The van der Waals surface area contributed by atoms with Gasteiger partial charge in [-0.1, -0.05) is 0 Å². The Morgan fingerprint density at radius 3 is 2.81 bits per heavy atom. The molecule has 0 N–H and O–H groups in total. The number of hydrogen-bond acceptors (Lipinski definition) is 4. The molecule has 0 saturated carbocycles. The Hall–Kier alpha value is -2.17. The highest BCUT2D eigenvalue weighted by Gasteiger charge is 2.24. The van der Waals surface area contributed by atoms with Crippen LogP contribution in [0.3, 0.4) is 0 Å². The van der Waals surface area contributed by atoms with Crippen LogP contribution >= 0.6 is 11.6 Å². The average Bonchev–Trinajstić information content (AvgIpc) is 2.48. The molecule has 1 aliphatic rings. The maximum atomic E-state index is 8.87. The third-order valence-electron chi connectivity index (χ3n) is 3.54. The molecule has 5 heteroatoms. The minimum absolute atomic E-state index is 0.0832. The zero-order chi connectivity index (χ0) is 15.4. The predicted molar refractivity (Wildman–Crippen MR) is 83.4 cm³/mol. The third kappa shape index (κ3) is 3.12. The van der Waals surface area contributed by atoms with E-state index >= 15 is 0 Å². The zero-order valence-electron chi connectivity index (χ0n) is 12.1. The standard InChI is InChI=1S/C16H16ClN3O/c1-11-5-15-16(7-14(11)6-13(8-18)9-19)21-10-12(2)20(15)4-3-17/h5-7,12H,3-4,10H2,1-2H3. The molecule has 0 aromatic heterocycles. The van der Waals surface area contributed by atoms with Crippen molar-refractivity contribution in [1.29, 1.82) is 10.5 Å². The lowest BCUT2D eigenvalue weighted by atomic mass is 10.0. The van der Waals surface area contributed by atoms with Gasteiger partial charge in [-0.15, -0.1) is 11.6 Å². The molecule has 4 nitrogen and oxygen atoms in total. The predicted octanol–water partition coefficient (Wildman–Crippen LogP) is 3.25. The number of nitriles is 2. The van der Waals surface area contributed by atoms with Crippen LogP contribution in [0, 0.1) is 29.6 Å². The Bertz CT molecular complexity index is 639. The summed E-state index contributed by atoms with van der Waals surface area (Å²) in [6, 6.07) is 7.92. The van der Waals surface area contributed by atoms with Crippen molar-refractivity contribution in [2.75, 3.05) is 23.9 Å². The van der Waals surface area contributed by atoms with Gasteiger partial charge in [-0.3, -0.25) is 0 Å². The smallest absolute Gasteiger partial charge is 0.143 e. The van der Waals surface area contributed by atoms with E-state index in [2.05, 4.69) is 11.8 Å². The molecule has 1 unspecified atom stereocenters. The van der Waals surface area contributed by atoms with Gasteiger partial charge in [0.2, 0.25) is 0 Å². The summed E-state index contributed by atoms with van der Waals surface area (Å²) in [6.07, 6.45) is 1.59. The molecule has 1 atom stereocenters. The Morgan fingerprint density at radius 1 is 1.48 bits per heavy atom. The van der Waals surface area contributed by atoms with Crippen LogP contribution in [0.5, 0.6) is 5.75 Å². The van der Waals surface area contributed by atoms with Crippen LogP contribution in [0.1, 0.15) is 18.1 Å². The molecule has 1 aromatic rings. The number of halogens is 1. The number of alkyl halides is 1. The van der Waals surface area contributed by atoms with Gasteiger partial charge < -0.3 is 9.64 Å². The fraction of sp³-hybridized carbons (Fsp3) is 0.375. The molecule has 1 aliphatic heterocycles. The summed E-state index contributed by atoms with van der Waals surface area (Å²) in [5.74, 6) is 1.32. The van der Waals surface area contributed by atoms with Gasteiger partial charge >= 0.3 is 0 Å². The highest BCUT2D eigenvalue weighted by Crippen LogP contribution is 2.36. The van der Waals surface area contributed by atoms with Crippen LogP contribution in [-0.4, -0.2) is 25.1 Å². The number of fused-ring (bicyclic) bond motifs is 1. The number of nitrogens with zero attached hydrogens (tertiary/aromatic N) is 3. The minimum atomic E-state index is 0.0832. The Kier molecular flexibility index (Phi) is 4.73. The topological polar surface area (TPSA) is 60.1 Å².